The lowest BCUT2D eigenvalue weighted by atomic mass is 10.1. The van der Waals surface area contributed by atoms with Gasteiger partial charge in [0.2, 0.25) is 16.9 Å². The summed E-state index contributed by atoms with van der Waals surface area (Å²) in [7, 11) is 0. The van der Waals surface area contributed by atoms with Crippen molar-refractivity contribution in [3.63, 3.8) is 0 Å². The summed E-state index contributed by atoms with van der Waals surface area (Å²) in [5, 5.41) is 0. The highest BCUT2D eigenvalue weighted by molar-refractivity contribution is 9.10. The molecule has 0 saturated heterocycles. The van der Waals surface area contributed by atoms with Crippen LogP contribution in [0.3, 0.4) is 0 Å². The molecule has 1 aromatic heterocycles. The molecule has 2 aromatic rings. The molecule has 0 atom stereocenters. The monoisotopic (exact) mass is 334 g/mol. The van der Waals surface area contributed by atoms with Crippen molar-refractivity contribution < 1.29 is 18.8 Å². The number of fused-ring (bicyclic) bond motifs is 1. The number of rotatable bonds is 3. The van der Waals surface area contributed by atoms with Crippen LogP contribution in [0.15, 0.2) is 47.2 Å². The number of halogens is 1. The van der Waals surface area contributed by atoms with E-state index in [4.69, 9.17) is 9.47 Å². The van der Waals surface area contributed by atoms with Gasteiger partial charge in [-0.1, -0.05) is 0 Å². The quantitative estimate of drug-likeness (QED) is 0.491. The van der Waals surface area contributed by atoms with Crippen molar-refractivity contribution in [3.8, 4) is 11.5 Å². The molecule has 1 aliphatic rings. The Hall–Kier alpha value is -1.88. The predicted octanol–water partition coefficient (Wildman–Crippen LogP) is 2.39. The number of nitrogens with zero attached hydrogens (tertiary/aromatic N) is 1. The molecule has 0 spiro atoms. The van der Waals surface area contributed by atoms with Crippen molar-refractivity contribution in [1.82, 2.24) is 0 Å². The number of aromatic nitrogens is 1. The molecule has 0 aliphatic carbocycles. The van der Waals surface area contributed by atoms with Crippen molar-refractivity contribution in [2.45, 2.75) is 6.54 Å². The second kappa shape index (κ2) is 5.63. The van der Waals surface area contributed by atoms with Crippen molar-refractivity contribution in [3.05, 3.63) is 52.8 Å². The molecule has 102 valence electrons. The Bertz CT molecular complexity index is 657. The minimum absolute atomic E-state index is 0.0267. The maximum absolute atomic E-state index is 12.3. The topological polar surface area (TPSA) is 39.4 Å². The summed E-state index contributed by atoms with van der Waals surface area (Å²) >= 11 is 3.42. The van der Waals surface area contributed by atoms with Crippen LogP contribution in [0.25, 0.3) is 0 Å². The Balaban J connectivity index is 1.82. The van der Waals surface area contributed by atoms with E-state index in [1.54, 1.807) is 18.2 Å². The average molecular weight is 335 g/mol. The highest BCUT2D eigenvalue weighted by Gasteiger charge is 2.18. The largest absolute Gasteiger partial charge is 0.486 e. The van der Waals surface area contributed by atoms with E-state index in [0.29, 0.717) is 30.3 Å². The van der Waals surface area contributed by atoms with Crippen LogP contribution < -0.4 is 14.0 Å². The molecular weight excluding hydrogens is 322 g/mol. The van der Waals surface area contributed by atoms with Crippen LogP contribution in [0.1, 0.15) is 10.4 Å². The van der Waals surface area contributed by atoms with Crippen molar-refractivity contribution in [2.24, 2.45) is 0 Å². The van der Waals surface area contributed by atoms with E-state index in [9.17, 15) is 4.79 Å². The normalized spacial score (nSPS) is 13.1. The molecular formula is C15H13BrNO3+. The van der Waals surface area contributed by atoms with Gasteiger partial charge in [-0.15, -0.1) is 0 Å². The summed E-state index contributed by atoms with van der Waals surface area (Å²) in [6.45, 7) is 1.35. The first-order valence-electron chi connectivity index (χ1n) is 6.31. The fraction of sp³-hybridized carbons (Fsp3) is 0.200. The summed E-state index contributed by atoms with van der Waals surface area (Å²) in [5.41, 5.74) is 0.623. The van der Waals surface area contributed by atoms with Gasteiger partial charge in [-0.25, -0.2) is 0 Å². The number of Topliss-reactive ketones (excluding diaryl/α,β-unsaturated/α-hetero) is 1. The minimum Gasteiger partial charge on any atom is -0.486 e. The summed E-state index contributed by atoms with van der Waals surface area (Å²) < 4.78 is 13.7. The molecule has 20 heavy (non-hydrogen) atoms. The number of benzene rings is 1. The molecule has 0 N–H and O–H groups in total. The second-order valence-electron chi connectivity index (χ2n) is 4.43. The second-order valence-corrected chi connectivity index (χ2v) is 5.25. The molecule has 0 bridgehead atoms. The van der Waals surface area contributed by atoms with Gasteiger partial charge in [0.25, 0.3) is 0 Å². The van der Waals surface area contributed by atoms with Crippen molar-refractivity contribution in [2.75, 3.05) is 13.2 Å². The molecule has 0 amide bonds. The molecule has 1 aliphatic heterocycles. The SMILES string of the molecule is O=C(C[n+]1ccccc1Br)c1ccc2c(c1)OCCO2. The van der Waals surface area contributed by atoms with E-state index in [1.165, 1.54) is 0 Å². The lowest BCUT2D eigenvalue weighted by Crippen LogP contribution is -2.38. The molecule has 0 saturated carbocycles. The first-order chi connectivity index (χ1) is 9.74. The van der Waals surface area contributed by atoms with Gasteiger partial charge in [0.05, 0.1) is 0 Å². The van der Waals surface area contributed by atoms with E-state index >= 15 is 0 Å². The Morgan fingerprint density at radius 1 is 1.15 bits per heavy atom. The third-order valence-corrected chi connectivity index (χ3v) is 3.78. The van der Waals surface area contributed by atoms with E-state index in [1.807, 2.05) is 29.0 Å². The highest BCUT2D eigenvalue weighted by Crippen LogP contribution is 2.30. The van der Waals surface area contributed by atoms with Gasteiger partial charge in [-0.05, 0) is 24.3 Å². The number of hydrogen-bond acceptors (Lipinski definition) is 3. The number of ether oxygens (including phenoxy) is 2. The van der Waals surface area contributed by atoms with E-state index in [-0.39, 0.29) is 12.3 Å². The van der Waals surface area contributed by atoms with Crippen LogP contribution in [0.4, 0.5) is 0 Å². The molecule has 2 heterocycles. The molecule has 1 aromatic carbocycles. The lowest BCUT2D eigenvalue weighted by molar-refractivity contribution is -0.694. The van der Waals surface area contributed by atoms with Gasteiger partial charge in [-0.3, -0.25) is 4.79 Å². The third kappa shape index (κ3) is 2.67. The number of ketones is 1. The maximum atomic E-state index is 12.3. The summed E-state index contributed by atoms with van der Waals surface area (Å²) in [6, 6.07) is 11.0. The van der Waals surface area contributed by atoms with Gasteiger partial charge >= 0.3 is 0 Å². The number of pyridine rings is 1. The zero-order valence-electron chi connectivity index (χ0n) is 10.7. The van der Waals surface area contributed by atoms with Gasteiger partial charge in [0, 0.05) is 33.6 Å². The van der Waals surface area contributed by atoms with E-state index in [0.717, 1.165) is 4.60 Å². The highest BCUT2D eigenvalue weighted by atomic mass is 79.9. The zero-order valence-corrected chi connectivity index (χ0v) is 12.3. The molecule has 0 fully saturated rings. The minimum atomic E-state index is 0.0267. The molecule has 0 radical (unpaired) electrons. The van der Waals surface area contributed by atoms with Crippen molar-refractivity contribution >= 4 is 21.7 Å². The molecule has 5 heteroatoms. The van der Waals surface area contributed by atoms with Crippen molar-refractivity contribution in [1.29, 1.82) is 0 Å². The van der Waals surface area contributed by atoms with Gasteiger partial charge in [0.15, 0.2) is 17.7 Å². The Labute approximate surface area is 125 Å². The Morgan fingerprint density at radius 2 is 1.95 bits per heavy atom. The van der Waals surface area contributed by atoms with Crippen LogP contribution in [0.5, 0.6) is 11.5 Å². The smallest absolute Gasteiger partial charge is 0.248 e. The van der Waals surface area contributed by atoms with Gasteiger partial charge in [-0.2, -0.15) is 4.57 Å². The average Bonchev–Trinajstić information content (AvgIpc) is 2.49. The number of carbonyl (C=O) groups excluding carboxylic acids is 1. The first kappa shape index (κ1) is 13.1. The third-order valence-electron chi connectivity index (χ3n) is 3.06. The van der Waals surface area contributed by atoms with Crippen LogP contribution >= 0.6 is 15.9 Å². The predicted molar refractivity (Wildman–Crippen MR) is 76.1 cm³/mol. The van der Waals surface area contributed by atoms with Crippen LogP contribution in [0, 0.1) is 0 Å². The fourth-order valence-electron chi connectivity index (χ4n) is 2.05. The van der Waals surface area contributed by atoms with E-state index in [2.05, 4.69) is 15.9 Å². The zero-order chi connectivity index (χ0) is 13.9. The molecule has 4 nitrogen and oxygen atoms in total. The summed E-state index contributed by atoms with van der Waals surface area (Å²) in [5.74, 6) is 1.36. The maximum Gasteiger partial charge on any atom is 0.248 e. The van der Waals surface area contributed by atoms with Crippen LogP contribution in [-0.2, 0) is 6.54 Å². The Morgan fingerprint density at radius 3 is 2.75 bits per heavy atom. The molecule has 0 unspecified atom stereocenters. The Kier molecular flexibility index (Phi) is 3.69. The number of hydrogen-bond donors (Lipinski definition) is 0. The van der Waals surface area contributed by atoms with E-state index < -0.39 is 0 Å². The molecule has 3 rings (SSSR count). The first-order valence-corrected chi connectivity index (χ1v) is 7.10. The van der Waals surface area contributed by atoms with Gasteiger partial charge in [0.1, 0.15) is 13.2 Å². The summed E-state index contributed by atoms with van der Waals surface area (Å²) in [4.78, 5) is 12.3. The lowest BCUT2D eigenvalue weighted by Gasteiger charge is -2.18. The standard InChI is InChI=1S/C15H13BrNO3/c16-15-3-1-2-6-17(15)10-12(18)11-4-5-13-14(9-11)20-8-7-19-13/h1-6,9H,7-8,10H2/q+1. The number of carbonyl (C=O) groups is 1. The fourth-order valence-corrected chi connectivity index (χ4v) is 2.44. The van der Waals surface area contributed by atoms with Crippen LogP contribution in [-0.4, -0.2) is 19.0 Å². The van der Waals surface area contributed by atoms with Crippen LogP contribution in [0.2, 0.25) is 0 Å². The van der Waals surface area contributed by atoms with Gasteiger partial charge < -0.3 is 9.47 Å². The summed E-state index contributed by atoms with van der Waals surface area (Å²) in [6.07, 6.45) is 1.86.